The summed E-state index contributed by atoms with van der Waals surface area (Å²) in [5, 5.41) is 4.83. The lowest BCUT2D eigenvalue weighted by Gasteiger charge is -2.37. The van der Waals surface area contributed by atoms with Gasteiger partial charge in [-0.3, -0.25) is 0 Å². The molecule has 1 saturated carbocycles. The Labute approximate surface area is 137 Å². The highest BCUT2D eigenvalue weighted by Crippen LogP contribution is 2.41. The van der Waals surface area contributed by atoms with Gasteiger partial charge in [0, 0.05) is 26.2 Å². The first-order chi connectivity index (χ1) is 9.61. The number of hydrogen-bond donors (Lipinski definition) is 1. The van der Waals surface area contributed by atoms with Crippen LogP contribution in [0.4, 0.5) is 5.69 Å². The van der Waals surface area contributed by atoms with E-state index in [1.54, 1.807) is 6.07 Å². The van der Waals surface area contributed by atoms with Gasteiger partial charge in [0.25, 0.3) is 0 Å². The average molecular weight is 371 g/mol. The zero-order chi connectivity index (χ0) is 14.1. The SMILES string of the molecule is Clc1cc(Cl)cc(NC2CC(c3ccccc3Br)C2)c1. The first-order valence-corrected chi connectivity index (χ1v) is 8.14. The van der Waals surface area contributed by atoms with Crippen LogP contribution in [0.1, 0.15) is 24.3 Å². The van der Waals surface area contributed by atoms with E-state index in [2.05, 4.69) is 45.5 Å². The molecule has 20 heavy (non-hydrogen) atoms. The predicted molar refractivity (Wildman–Crippen MR) is 90.0 cm³/mol. The van der Waals surface area contributed by atoms with Gasteiger partial charge < -0.3 is 5.32 Å². The van der Waals surface area contributed by atoms with Crippen molar-refractivity contribution < 1.29 is 0 Å². The molecule has 0 bridgehead atoms. The van der Waals surface area contributed by atoms with E-state index in [0.717, 1.165) is 18.5 Å². The van der Waals surface area contributed by atoms with Crippen molar-refractivity contribution in [1.82, 2.24) is 0 Å². The van der Waals surface area contributed by atoms with Crippen LogP contribution in [-0.2, 0) is 0 Å². The molecule has 0 saturated heterocycles. The molecule has 0 spiro atoms. The lowest BCUT2D eigenvalue weighted by molar-refractivity contribution is 0.373. The van der Waals surface area contributed by atoms with Crippen LogP contribution >= 0.6 is 39.1 Å². The molecule has 1 nitrogen and oxygen atoms in total. The van der Waals surface area contributed by atoms with Gasteiger partial charge in [-0.1, -0.05) is 57.3 Å². The minimum Gasteiger partial charge on any atom is -0.382 e. The van der Waals surface area contributed by atoms with Crippen molar-refractivity contribution in [3.63, 3.8) is 0 Å². The Bertz CT molecular complexity index is 603. The second kappa shape index (κ2) is 5.97. The van der Waals surface area contributed by atoms with E-state index >= 15 is 0 Å². The van der Waals surface area contributed by atoms with E-state index < -0.39 is 0 Å². The molecule has 1 aliphatic rings. The fourth-order valence-corrected chi connectivity index (χ4v) is 3.80. The number of rotatable bonds is 3. The van der Waals surface area contributed by atoms with E-state index in [1.165, 1.54) is 10.0 Å². The van der Waals surface area contributed by atoms with Gasteiger partial charge in [0.15, 0.2) is 0 Å². The van der Waals surface area contributed by atoms with Crippen LogP contribution in [0, 0.1) is 0 Å². The third-order valence-electron chi connectivity index (χ3n) is 3.72. The first kappa shape index (κ1) is 14.2. The molecule has 0 aliphatic heterocycles. The van der Waals surface area contributed by atoms with E-state index in [-0.39, 0.29) is 0 Å². The predicted octanol–water partition coefficient (Wildman–Crippen LogP) is 6.11. The summed E-state index contributed by atoms with van der Waals surface area (Å²) in [5.41, 5.74) is 2.40. The molecule has 2 aromatic carbocycles. The van der Waals surface area contributed by atoms with E-state index in [4.69, 9.17) is 23.2 Å². The Kier molecular flexibility index (Phi) is 4.25. The average Bonchev–Trinajstić information content (AvgIpc) is 2.33. The fraction of sp³-hybridized carbons (Fsp3) is 0.250. The highest BCUT2D eigenvalue weighted by molar-refractivity contribution is 9.10. The van der Waals surface area contributed by atoms with Gasteiger partial charge in [-0.25, -0.2) is 0 Å². The maximum absolute atomic E-state index is 6.01. The number of benzene rings is 2. The molecule has 1 aliphatic carbocycles. The summed E-state index contributed by atoms with van der Waals surface area (Å²) < 4.78 is 1.20. The van der Waals surface area contributed by atoms with Crippen molar-refractivity contribution in [2.45, 2.75) is 24.8 Å². The molecule has 1 N–H and O–H groups in total. The number of hydrogen-bond acceptors (Lipinski definition) is 1. The standard InChI is InChI=1S/C16H14BrCl2N/c17-16-4-2-1-3-15(16)10-5-13(6-10)20-14-8-11(18)7-12(19)9-14/h1-4,7-10,13,20H,5-6H2. The van der Waals surface area contributed by atoms with Gasteiger partial charge in [0.05, 0.1) is 0 Å². The zero-order valence-corrected chi connectivity index (χ0v) is 13.8. The smallest absolute Gasteiger partial charge is 0.0441 e. The van der Waals surface area contributed by atoms with Crippen molar-refractivity contribution in [1.29, 1.82) is 0 Å². The molecule has 0 unspecified atom stereocenters. The number of nitrogens with one attached hydrogen (secondary N) is 1. The molecule has 0 atom stereocenters. The molecule has 0 radical (unpaired) electrons. The van der Waals surface area contributed by atoms with Crippen LogP contribution in [0.5, 0.6) is 0 Å². The first-order valence-electron chi connectivity index (χ1n) is 6.59. The van der Waals surface area contributed by atoms with E-state index in [0.29, 0.717) is 22.0 Å². The monoisotopic (exact) mass is 369 g/mol. The zero-order valence-electron chi connectivity index (χ0n) is 10.7. The van der Waals surface area contributed by atoms with Gasteiger partial charge in [0.2, 0.25) is 0 Å². The number of anilines is 1. The van der Waals surface area contributed by atoms with Crippen LogP contribution in [0.25, 0.3) is 0 Å². The van der Waals surface area contributed by atoms with Crippen molar-refractivity contribution in [3.05, 3.63) is 62.5 Å². The van der Waals surface area contributed by atoms with E-state index in [1.807, 2.05) is 12.1 Å². The molecule has 1 fully saturated rings. The summed E-state index contributed by atoms with van der Waals surface area (Å²) in [6, 6.07) is 14.5. The second-order valence-corrected chi connectivity index (χ2v) is 6.92. The molecule has 104 valence electrons. The minimum absolute atomic E-state index is 0.488. The topological polar surface area (TPSA) is 12.0 Å². The lowest BCUT2D eigenvalue weighted by Crippen LogP contribution is -2.34. The normalized spacial score (nSPS) is 21.4. The molecular formula is C16H14BrCl2N. The van der Waals surface area contributed by atoms with Gasteiger partial charge >= 0.3 is 0 Å². The molecule has 4 heteroatoms. The van der Waals surface area contributed by atoms with Gasteiger partial charge in [0.1, 0.15) is 0 Å². The van der Waals surface area contributed by atoms with Crippen molar-refractivity contribution in [2.24, 2.45) is 0 Å². The van der Waals surface area contributed by atoms with Crippen molar-refractivity contribution in [2.75, 3.05) is 5.32 Å². The van der Waals surface area contributed by atoms with E-state index in [9.17, 15) is 0 Å². The maximum atomic E-state index is 6.01. The molecule has 0 heterocycles. The largest absolute Gasteiger partial charge is 0.382 e. The van der Waals surface area contributed by atoms with Crippen molar-refractivity contribution >= 4 is 44.8 Å². The highest BCUT2D eigenvalue weighted by Gasteiger charge is 2.31. The van der Waals surface area contributed by atoms with Gasteiger partial charge in [-0.05, 0) is 48.6 Å². The summed E-state index contributed by atoms with van der Waals surface area (Å²) >= 11 is 15.6. The molecule has 0 amide bonds. The Morgan fingerprint density at radius 2 is 1.65 bits per heavy atom. The summed E-state index contributed by atoms with van der Waals surface area (Å²) in [4.78, 5) is 0. The Morgan fingerprint density at radius 3 is 2.30 bits per heavy atom. The molecule has 2 aromatic rings. The van der Waals surface area contributed by atoms with Crippen LogP contribution in [0.2, 0.25) is 10.0 Å². The summed E-state index contributed by atoms with van der Waals surface area (Å²) in [5.74, 6) is 0.623. The summed E-state index contributed by atoms with van der Waals surface area (Å²) in [6.45, 7) is 0. The maximum Gasteiger partial charge on any atom is 0.0441 e. The highest BCUT2D eigenvalue weighted by atomic mass is 79.9. The Hall–Kier alpha value is -0.700. The van der Waals surface area contributed by atoms with Crippen LogP contribution in [-0.4, -0.2) is 6.04 Å². The summed E-state index contributed by atoms with van der Waals surface area (Å²) in [7, 11) is 0. The molecule has 0 aromatic heterocycles. The lowest BCUT2D eigenvalue weighted by atomic mass is 9.76. The molecular weight excluding hydrogens is 357 g/mol. The van der Waals surface area contributed by atoms with Crippen LogP contribution in [0.3, 0.4) is 0 Å². The third kappa shape index (κ3) is 3.13. The van der Waals surface area contributed by atoms with Crippen molar-refractivity contribution in [3.8, 4) is 0 Å². The Balaban J connectivity index is 1.62. The van der Waals surface area contributed by atoms with Gasteiger partial charge in [-0.2, -0.15) is 0 Å². The number of halogens is 3. The summed E-state index contributed by atoms with van der Waals surface area (Å²) in [6.07, 6.45) is 2.26. The fourth-order valence-electron chi connectivity index (χ4n) is 2.67. The Morgan fingerprint density at radius 1 is 1.00 bits per heavy atom. The quantitative estimate of drug-likeness (QED) is 0.686. The minimum atomic E-state index is 0.488. The second-order valence-electron chi connectivity index (χ2n) is 5.19. The van der Waals surface area contributed by atoms with Crippen LogP contribution in [0.15, 0.2) is 46.9 Å². The van der Waals surface area contributed by atoms with Gasteiger partial charge in [-0.15, -0.1) is 0 Å². The molecule has 3 rings (SSSR count). The van der Waals surface area contributed by atoms with Crippen LogP contribution < -0.4 is 5.32 Å². The third-order valence-corrected chi connectivity index (χ3v) is 4.88.